The normalized spacial score (nSPS) is 19.1. The van der Waals surface area contributed by atoms with Gasteiger partial charge in [0.2, 0.25) is 5.91 Å². The molecule has 1 atom stereocenters. The highest BCUT2D eigenvalue weighted by molar-refractivity contribution is 5.95. The van der Waals surface area contributed by atoms with Gasteiger partial charge in [-0.05, 0) is 62.6 Å². The van der Waals surface area contributed by atoms with Crippen molar-refractivity contribution in [3.63, 3.8) is 0 Å². The Morgan fingerprint density at radius 1 is 1.00 bits per heavy atom. The van der Waals surface area contributed by atoms with Crippen molar-refractivity contribution in [1.82, 2.24) is 24.8 Å². The first-order valence-electron chi connectivity index (χ1n) is 11.4. The van der Waals surface area contributed by atoms with Crippen LogP contribution in [0, 0.1) is 6.92 Å². The predicted molar refractivity (Wildman–Crippen MR) is 122 cm³/mol. The fourth-order valence-corrected chi connectivity index (χ4v) is 4.76. The first kappa shape index (κ1) is 20.7. The van der Waals surface area contributed by atoms with Crippen molar-refractivity contribution in [3.05, 3.63) is 77.3 Å². The minimum Gasteiger partial charge on any atom is -0.290 e. The van der Waals surface area contributed by atoms with Crippen molar-refractivity contribution in [3.8, 4) is 0 Å². The fourth-order valence-electron chi connectivity index (χ4n) is 4.76. The van der Waals surface area contributed by atoms with Crippen LogP contribution in [-0.4, -0.2) is 37.3 Å². The van der Waals surface area contributed by atoms with Crippen molar-refractivity contribution in [2.75, 3.05) is 11.4 Å². The van der Waals surface area contributed by atoms with Crippen LogP contribution in [0.3, 0.4) is 0 Å². The summed E-state index contributed by atoms with van der Waals surface area (Å²) in [6, 6.07) is 10.1. The first-order valence-corrected chi connectivity index (χ1v) is 11.4. The molecule has 3 aromatic rings. The van der Waals surface area contributed by atoms with Gasteiger partial charge in [-0.3, -0.25) is 24.6 Å². The molecule has 164 valence electrons. The summed E-state index contributed by atoms with van der Waals surface area (Å²) >= 11 is 0. The van der Waals surface area contributed by atoms with Gasteiger partial charge in [-0.15, -0.1) is 0 Å². The molecule has 0 aromatic carbocycles. The maximum Gasteiger partial charge on any atom is 0.228 e. The third kappa shape index (κ3) is 4.25. The number of carbonyl (C=O) groups excluding carboxylic acids is 1. The molecule has 0 aliphatic carbocycles. The van der Waals surface area contributed by atoms with E-state index in [4.69, 9.17) is 9.97 Å². The third-order valence-corrected chi connectivity index (χ3v) is 6.45. The monoisotopic (exact) mass is 428 g/mol. The van der Waals surface area contributed by atoms with Crippen LogP contribution in [0.4, 0.5) is 5.82 Å². The number of piperidine rings is 1. The molecule has 0 saturated carbocycles. The smallest absolute Gasteiger partial charge is 0.228 e. The second-order valence-electron chi connectivity index (χ2n) is 8.61. The van der Waals surface area contributed by atoms with E-state index in [9.17, 15) is 4.79 Å². The van der Waals surface area contributed by atoms with E-state index in [1.807, 2.05) is 30.6 Å². The molecule has 32 heavy (non-hydrogen) atoms. The Balaban J connectivity index is 1.48. The third-order valence-electron chi connectivity index (χ3n) is 6.45. The number of likely N-dealkylation sites (tertiary alicyclic amines) is 1. The standard InChI is InChI=1S/C25H28N6O/c1-18-21-8-9-23(32)31(17-20-6-2-4-12-27-20)25(21)29-24(28-18)22-7-3-5-15-30(22)16-19-10-13-26-14-11-19/h2,4,6,10-14,22H,3,5,7-9,15-17H2,1H3. The zero-order chi connectivity index (χ0) is 21.9. The molecule has 1 saturated heterocycles. The molecule has 7 heteroatoms. The zero-order valence-corrected chi connectivity index (χ0v) is 18.4. The van der Waals surface area contributed by atoms with Gasteiger partial charge in [0, 0.05) is 42.8 Å². The summed E-state index contributed by atoms with van der Waals surface area (Å²) in [5.74, 6) is 1.70. The van der Waals surface area contributed by atoms with E-state index in [0.29, 0.717) is 19.4 Å². The molecule has 2 aliphatic heterocycles. The molecule has 0 N–H and O–H groups in total. The SMILES string of the molecule is Cc1nc(C2CCCCN2Cc2ccncc2)nc2c1CCC(=O)N2Cc1ccccn1. The molecule has 0 radical (unpaired) electrons. The number of amides is 1. The molecular weight excluding hydrogens is 400 g/mol. The Bertz CT molecular complexity index is 1090. The summed E-state index contributed by atoms with van der Waals surface area (Å²) < 4.78 is 0. The number of rotatable bonds is 5. The number of hydrogen-bond acceptors (Lipinski definition) is 6. The number of carbonyl (C=O) groups is 1. The molecule has 5 heterocycles. The van der Waals surface area contributed by atoms with Crippen molar-refractivity contribution >= 4 is 11.7 Å². The van der Waals surface area contributed by atoms with Gasteiger partial charge in [-0.25, -0.2) is 9.97 Å². The van der Waals surface area contributed by atoms with Crippen molar-refractivity contribution in [1.29, 1.82) is 0 Å². The Kier molecular flexibility index (Phi) is 5.90. The van der Waals surface area contributed by atoms with Crippen LogP contribution in [-0.2, 0) is 24.3 Å². The maximum atomic E-state index is 12.9. The Morgan fingerprint density at radius 2 is 1.88 bits per heavy atom. The molecular formula is C25H28N6O. The summed E-state index contributed by atoms with van der Waals surface area (Å²) in [4.78, 5) is 35.7. The van der Waals surface area contributed by atoms with E-state index < -0.39 is 0 Å². The number of pyridine rings is 2. The lowest BCUT2D eigenvalue weighted by atomic mass is 9.98. The lowest BCUT2D eigenvalue weighted by Gasteiger charge is -2.36. The minimum atomic E-state index is 0.101. The number of anilines is 1. The van der Waals surface area contributed by atoms with Gasteiger partial charge in [0.05, 0.1) is 18.3 Å². The van der Waals surface area contributed by atoms with E-state index in [1.165, 1.54) is 12.0 Å². The van der Waals surface area contributed by atoms with Crippen LogP contribution in [0.2, 0.25) is 0 Å². The van der Waals surface area contributed by atoms with Gasteiger partial charge in [0.25, 0.3) is 0 Å². The van der Waals surface area contributed by atoms with Gasteiger partial charge in [-0.2, -0.15) is 0 Å². The van der Waals surface area contributed by atoms with E-state index in [2.05, 4.69) is 33.9 Å². The maximum absolute atomic E-state index is 12.9. The van der Waals surface area contributed by atoms with Gasteiger partial charge in [-0.1, -0.05) is 12.5 Å². The second-order valence-corrected chi connectivity index (χ2v) is 8.61. The number of aryl methyl sites for hydroxylation is 1. The molecule has 3 aromatic heterocycles. The molecule has 1 amide bonds. The molecule has 0 bridgehead atoms. The minimum absolute atomic E-state index is 0.101. The van der Waals surface area contributed by atoms with Crippen LogP contribution in [0.15, 0.2) is 48.9 Å². The molecule has 1 unspecified atom stereocenters. The quantitative estimate of drug-likeness (QED) is 0.616. The second kappa shape index (κ2) is 9.12. The Morgan fingerprint density at radius 3 is 2.69 bits per heavy atom. The largest absolute Gasteiger partial charge is 0.290 e. The number of hydrogen-bond donors (Lipinski definition) is 0. The highest BCUT2D eigenvalue weighted by Crippen LogP contribution is 2.35. The van der Waals surface area contributed by atoms with Crippen LogP contribution < -0.4 is 4.90 Å². The predicted octanol–water partition coefficient (Wildman–Crippen LogP) is 3.78. The summed E-state index contributed by atoms with van der Waals surface area (Å²) in [5.41, 5.74) is 4.18. The molecule has 7 nitrogen and oxygen atoms in total. The summed E-state index contributed by atoms with van der Waals surface area (Å²) in [5, 5.41) is 0. The average Bonchev–Trinajstić information content (AvgIpc) is 2.82. The van der Waals surface area contributed by atoms with Crippen LogP contribution in [0.1, 0.15) is 60.1 Å². The Labute approximate surface area is 188 Å². The Hall–Kier alpha value is -3.19. The highest BCUT2D eigenvalue weighted by Gasteiger charge is 2.32. The molecule has 5 rings (SSSR count). The molecule has 2 aliphatic rings. The van der Waals surface area contributed by atoms with Gasteiger partial charge < -0.3 is 0 Å². The van der Waals surface area contributed by atoms with Gasteiger partial charge in [0.1, 0.15) is 11.6 Å². The van der Waals surface area contributed by atoms with Crippen LogP contribution in [0.25, 0.3) is 0 Å². The van der Waals surface area contributed by atoms with E-state index in [-0.39, 0.29) is 11.9 Å². The topological polar surface area (TPSA) is 75.1 Å². The summed E-state index contributed by atoms with van der Waals surface area (Å²) in [6.07, 6.45) is 10.00. The number of fused-ring (bicyclic) bond motifs is 1. The van der Waals surface area contributed by atoms with E-state index in [1.54, 1.807) is 11.1 Å². The highest BCUT2D eigenvalue weighted by atomic mass is 16.2. The van der Waals surface area contributed by atoms with Crippen LogP contribution in [0.5, 0.6) is 0 Å². The fraction of sp³-hybridized carbons (Fsp3) is 0.400. The van der Waals surface area contributed by atoms with Gasteiger partial charge in [0.15, 0.2) is 0 Å². The van der Waals surface area contributed by atoms with E-state index in [0.717, 1.165) is 54.5 Å². The lowest BCUT2D eigenvalue weighted by Crippen LogP contribution is -2.38. The number of aromatic nitrogens is 4. The summed E-state index contributed by atoms with van der Waals surface area (Å²) in [7, 11) is 0. The van der Waals surface area contributed by atoms with Crippen molar-refractivity contribution < 1.29 is 4.79 Å². The average molecular weight is 429 g/mol. The van der Waals surface area contributed by atoms with Gasteiger partial charge >= 0.3 is 0 Å². The molecule has 0 spiro atoms. The first-order chi connectivity index (χ1) is 15.7. The lowest BCUT2D eigenvalue weighted by molar-refractivity contribution is -0.119. The number of nitrogens with zero attached hydrogens (tertiary/aromatic N) is 6. The van der Waals surface area contributed by atoms with Crippen molar-refractivity contribution in [2.24, 2.45) is 0 Å². The summed E-state index contributed by atoms with van der Waals surface area (Å²) in [6.45, 7) is 4.36. The van der Waals surface area contributed by atoms with Crippen molar-refractivity contribution in [2.45, 2.75) is 58.2 Å². The van der Waals surface area contributed by atoms with Crippen LogP contribution >= 0.6 is 0 Å². The zero-order valence-electron chi connectivity index (χ0n) is 18.4. The molecule has 1 fully saturated rings. The van der Waals surface area contributed by atoms with E-state index >= 15 is 0 Å².